The monoisotopic (exact) mass is 398 g/mol. The SMILES string of the molecule is COc1ccc(-c2cncc(C#N)c2Nc2ccc3[nH]c(C)cc3c2C)cc1OC. The number of methoxy groups -OCH3 is 2. The van der Waals surface area contributed by atoms with Crippen LogP contribution in [0.4, 0.5) is 11.4 Å². The highest BCUT2D eigenvalue weighted by atomic mass is 16.5. The average molecular weight is 398 g/mol. The van der Waals surface area contributed by atoms with E-state index in [0.29, 0.717) is 22.7 Å². The highest BCUT2D eigenvalue weighted by Gasteiger charge is 2.15. The molecule has 4 aromatic rings. The Balaban J connectivity index is 1.85. The summed E-state index contributed by atoms with van der Waals surface area (Å²) < 4.78 is 10.8. The van der Waals surface area contributed by atoms with Crippen LogP contribution in [0.2, 0.25) is 0 Å². The van der Waals surface area contributed by atoms with Crippen molar-refractivity contribution in [2.24, 2.45) is 0 Å². The molecule has 6 nitrogen and oxygen atoms in total. The normalized spacial score (nSPS) is 10.6. The number of hydrogen-bond acceptors (Lipinski definition) is 5. The molecule has 2 aromatic heterocycles. The van der Waals surface area contributed by atoms with E-state index in [1.165, 1.54) is 0 Å². The molecule has 0 aliphatic carbocycles. The number of pyridine rings is 1. The standard InChI is InChI=1S/C24H22N4O2/c1-14-9-18-15(2)20(6-7-21(18)27-14)28-24-17(11-25)12-26-13-19(24)16-5-8-22(29-3)23(10-16)30-4/h5-10,12-13,27H,1-4H3,(H,26,28). The Morgan fingerprint density at radius 1 is 1.00 bits per heavy atom. The van der Waals surface area contributed by atoms with Gasteiger partial charge in [-0.2, -0.15) is 5.26 Å². The van der Waals surface area contributed by atoms with E-state index >= 15 is 0 Å². The molecular weight excluding hydrogens is 376 g/mol. The molecule has 0 saturated heterocycles. The van der Waals surface area contributed by atoms with E-state index in [1.807, 2.05) is 37.3 Å². The Morgan fingerprint density at radius 3 is 2.53 bits per heavy atom. The fourth-order valence-electron chi connectivity index (χ4n) is 3.66. The molecule has 0 unspecified atom stereocenters. The van der Waals surface area contributed by atoms with Crippen molar-refractivity contribution in [2.45, 2.75) is 13.8 Å². The molecule has 0 aliphatic heterocycles. The van der Waals surface area contributed by atoms with Gasteiger partial charge < -0.3 is 19.8 Å². The molecule has 0 aliphatic rings. The Bertz CT molecular complexity index is 1280. The quantitative estimate of drug-likeness (QED) is 0.465. The summed E-state index contributed by atoms with van der Waals surface area (Å²) in [7, 11) is 3.20. The lowest BCUT2D eigenvalue weighted by Gasteiger charge is -2.17. The predicted molar refractivity (Wildman–Crippen MR) is 119 cm³/mol. The average Bonchev–Trinajstić information content (AvgIpc) is 3.16. The number of H-pyrrole nitrogens is 1. The maximum Gasteiger partial charge on any atom is 0.161 e. The van der Waals surface area contributed by atoms with Gasteiger partial charge in [0.15, 0.2) is 11.5 Å². The Kier molecular flexibility index (Phi) is 5.03. The lowest BCUT2D eigenvalue weighted by atomic mass is 10.0. The minimum Gasteiger partial charge on any atom is -0.493 e. The number of benzene rings is 2. The number of nitrogens with zero attached hydrogens (tertiary/aromatic N) is 2. The van der Waals surface area contributed by atoms with Gasteiger partial charge in [-0.1, -0.05) is 6.07 Å². The van der Waals surface area contributed by atoms with Crippen LogP contribution in [-0.4, -0.2) is 24.2 Å². The van der Waals surface area contributed by atoms with Crippen LogP contribution in [0.25, 0.3) is 22.0 Å². The molecule has 6 heteroatoms. The molecule has 2 N–H and O–H groups in total. The van der Waals surface area contributed by atoms with E-state index in [9.17, 15) is 5.26 Å². The third-order valence-electron chi connectivity index (χ3n) is 5.23. The minimum absolute atomic E-state index is 0.465. The molecule has 2 aromatic carbocycles. The van der Waals surface area contributed by atoms with Crippen molar-refractivity contribution >= 4 is 22.3 Å². The van der Waals surface area contributed by atoms with Gasteiger partial charge in [0, 0.05) is 40.2 Å². The Labute approximate surface area is 175 Å². The number of nitriles is 1. The van der Waals surface area contributed by atoms with Crippen molar-refractivity contribution in [3.8, 4) is 28.7 Å². The van der Waals surface area contributed by atoms with Crippen LogP contribution in [0.1, 0.15) is 16.8 Å². The summed E-state index contributed by atoms with van der Waals surface area (Å²) in [5, 5.41) is 14.3. The Morgan fingerprint density at radius 2 is 1.80 bits per heavy atom. The van der Waals surface area contributed by atoms with Gasteiger partial charge in [-0.25, -0.2) is 0 Å². The molecule has 150 valence electrons. The largest absolute Gasteiger partial charge is 0.493 e. The van der Waals surface area contributed by atoms with E-state index in [1.54, 1.807) is 26.6 Å². The topological polar surface area (TPSA) is 83.0 Å². The van der Waals surface area contributed by atoms with E-state index in [-0.39, 0.29) is 0 Å². The van der Waals surface area contributed by atoms with Gasteiger partial charge in [-0.3, -0.25) is 4.98 Å². The first-order valence-corrected chi connectivity index (χ1v) is 9.52. The maximum absolute atomic E-state index is 9.72. The van der Waals surface area contributed by atoms with Crippen molar-refractivity contribution in [2.75, 3.05) is 19.5 Å². The van der Waals surface area contributed by atoms with Gasteiger partial charge in [-0.15, -0.1) is 0 Å². The zero-order valence-electron chi connectivity index (χ0n) is 17.3. The highest BCUT2D eigenvalue weighted by molar-refractivity contribution is 5.92. The summed E-state index contributed by atoms with van der Waals surface area (Å²) in [6.45, 7) is 4.11. The van der Waals surface area contributed by atoms with Crippen LogP contribution in [-0.2, 0) is 0 Å². The molecule has 30 heavy (non-hydrogen) atoms. The number of ether oxygens (including phenoxy) is 2. The third kappa shape index (κ3) is 3.31. The highest BCUT2D eigenvalue weighted by Crippen LogP contribution is 2.38. The number of rotatable bonds is 5. The molecule has 0 radical (unpaired) electrons. The van der Waals surface area contributed by atoms with Gasteiger partial charge in [0.05, 0.1) is 25.5 Å². The maximum atomic E-state index is 9.72. The fraction of sp³-hybridized carbons (Fsp3) is 0.167. The number of anilines is 2. The summed E-state index contributed by atoms with van der Waals surface area (Å²) in [4.78, 5) is 7.63. The van der Waals surface area contributed by atoms with Gasteiger partial charge in [0.2, 0.25) is 0 Å². The summed E-state index contributed by atoms with van der Waals surface area (Å²) in [5.74, 6) is 1.26. The van der Waals surface area contributed by atoms with Gasteiger partial charge >= 0.3 is 0 Å². The Hall–Kier alpha value is -3.98. The smallest absolute Gasteiger partial charge is 0.161 e. The molecular formula is C24H22N4O2. The van der Waals surface area contributed by atoms with Crippen LogP contribution < -0.4 is 14.8 Å². The van der Waals surface area contributed by atoms with E-state index in [0.717, 1.165) is 39.0 Å². The van der Waals surface area contributed by atoms with E-state index < -0.39 is 0 Å². The number of aryl methyl sites for hydroxylation is 2. The molecule has 4 rings (SSSR count). The summed E-state index contributed by atoms with van der Waals surface area (Å²) in [6.07, 6.45) is 3.32. The second-order valence-electron chi connectivity index (χ2n) is 7.07. The number of hydrogen-bond donors (Lipinski definition) is 2. The number of aromatic nitrogens is 2. The first-order valence-electron chi connectivity index (χ1n) is 9.52. The van der Waals surface area contributed by atoms with Crippen LogP contribution >= 0.6 is 0 Å². The third-order valence-corrected chi connectivity index (χ3v) is 5.23. The number of nitrogens with one attached hydrogen (secondary N) is 2. The first-order chi connectivity index (χ1) is 14.5. The predicted octanol–water partition coefficient (Wildman–Crippen LogP) is 5.48. The summed E-state index contributed by atoms with van der Waals surface area (Å²) in [6, 6.07) is 14.1. The van der Waals surface area contributed by atoms with Crippen molar-refractivity contribution < 1.29 is 9.47 Å². The molecule has 0 fully saturated rings. The van der Waals surface area contributed by atoms with Crippen molar-refractivity contribution in [3.05, 3.63) is 65.6 Å². The van der Waals surface area contributed by atoms with Gasteiger partial charge in [0.25, 0.3) is 0 Å². The van der Waals surface area contributed by atoms with E-state index in [4.69, 9.17) is 9.47 Å². The van der Waals surface area contributed by atoms with Crippen molar-refractivity contribution in [3.63, 3.8) is 0 Å². The molecule has 2 heterocycles. The molecule has 0 bridgehead atoms. The number of fused-ring (bicyclic) bond motifs is 1. The summed E-state index contributed by atoms with van der Waals surface area (Å²) >= 11 is 0. The van der Waals surface area contributed by atoms with Gasteiger partial charge in [0.1, 0.15) is 6.07 Å². The molecule has 0 atom stereocenters. The lowest BCUT2D eigenvalue weighted by molar-refractivity contribution is 0.355. The van der Waals surface area contributed by atoms with Crippen LogP contribution in [0, 0.1) is 25.2 Å². The zero-order chi connectivity index (χ0) is 21.3. The first kappa shape index (κ1) is 19.3. The van der Waals surface area contributed by atoms with Crippen LogP contribution in [0.5, 0.6) is 11.5 Å². The van der Waals surface area contributed by atoms with Crippen molar-refractivity contribution in [1.29, 1.82) is 5.26 Å². The fourth-order valence-corrected chi connectivity index (χ4v) is 3.66. The number of aromatic amines is 1. The van der Waals surface area contributed by atoms with Crippen LogP contribution in [0.15, 0.2) is 48.8 Å². The van der Waals surface area contributed by atoms with Crippen LogP contribution in [0.3, 0.4) is 0 Å². The zero-order valence-corrected chi connectivity index (χ0v) is 17.3. The molecule has 0 amide bonds. The summed E-state index contributed by atoms with van der Waals surface area (Å²) in [5.41, 5.74) is 7.09. The van der Waals surface area contributed by atoms with Crippen molar-refractivity contribution in [1.82, 2.24) is 9.97 Å². The minimum atomic E-state index is 0.465. The second kappa shape index (κ2) is 7.80. The molecule has 0 saturated carbocycles. The second-order valence-corrected chi connectivity index (χ2v) is 7.07. The molecule has 0 spiro atoms. The lowest BCUT2D eigenvalue weighted by Crippen LogP contribution is -2.00. The van der Waals surface area contributed by atoms with Gasteiger partial charge in [-0.05, 0) is 55.3 Å². The van der Waals surface area contributed by atoms with E-state index in [2.05, 4.69) is 34.3 Å².